The molecule has 8 nitrogen and oxygen atoms in total. The number of carbonyl (C=O) groups excluding carboxylic acids is 2. The Hall–Kier alpha value is -4.25. The SMILES string of the molecule is COc1ccc(C2=NC(c3ccc(Cl)cc3)C(c3cccc(C(F)(F)F)c3)N2C(=O)N2CCNC(=O)C2)c(OC(C)C)c1. The minimum absolute atomic E-state index is 0.191. The van der Waals surface area contributed by atoms with Crippen LogP contribution in [0.1, 0.15) is 48.2 Å². The molecule has 0 saturated carbocycles. The fourth-order valence-corrected chi connectivity index (χ4v) is 5.34. The fraction of sp³-hybridized carbons (Fsp3) is 0.323. The van der Waals surface area contributed by atoms with E-state index >= 15 is 0 Å². The number of rotatable bonds is 6. The Bertz CT molecular complexity index is 1540. The summed E-state index contributed by atoms with van der Waals surface area (Å²) in [6.45, 7) is 3.94. The van der Waals surface area contributed by atoms with E-state index in [1.807, 2.05) is 13.8 Å². The van der Waals surface area contributed by atoms with E-state index in [-0.39, 0.29) is 43.0 Å². The van der Waals surface area contributed by atoms with Gasteiger partial charge >= 0.3 is 12.2 Å². The number of halogens is 4. The van der Waals surface area contributed by atoms with Gasteiger partial charge in [-0.3, -0.25) is 14.7 Å². The maximum Gasteiger partial charge on any atom is 0.416 e. The van der Waals surface area contributed by atoms with Gasteiger partial charge < -0.3 is 19.7 Å². The number of amidine groups is 1. The predicted octanol–water partition coefficient (Wildman–Crippen LogP) is 6.25. The van der Waals surface area contributed by atoms with Crippen LogP contribution in [0.4, 0.5) is 18.0 Å². The predicted molar refractivity (Wildman–Crippen MR) is 155 cm³/mol. The molecule has 2 unspecified atom stereocenters. The van der Waals surface area contributed by atoms with Gasteiger partial charge in [-0.15, -0.1) is 0 Å². The number of alkyl halides is 3. The molecule has 3 amide bonds. The number of nitrogens with zero attached hydrogens (tertiary/aromatic N) is 3. The summed E-state index contributed by atoms with van der Waals surface area (Å²) >= 11 is 6.16. The average molecular weight is 615 g/mol. The summed E-state index contributed by atoms with van der Waals surface area (Å²) in [4.78, 5) is 34.4. The van der Waals surface area contributed by atoms with Crippen molar-refractivity contribution in [2.45, 2.75) is 38.2 Å². The molecular formula is C31H30ClF3N4O4. The number of piperazine rings is 1. The Morgan fingerprint density at radius 2 is 1.81 bits per heavy atom. The highest BCUT2D eigenvalue weighted by molar-refractivity contribution is 6.30. The van der Waals surface area contributed by atoms with E-state index in [4.69, 9.17) is 26.1 Å². The van der Waals surface area contributed by atoms with Crippen molar-refractivity contribution in [1.29, 1.82) is 0 Å². The van der Waals surface area contributed by atoms with Gasteiger partial charge in [0.2, 0.25) is 5.91 Å². The minimum Gasteiger partial charge on any atom is -0.497 e. The molecule has 0 aromatic heterocycles. The van der Waals surface area contributed by atoms with E-state index in [0.29, 0.717) is 27.6 Å². The number of hydrogen-bond donors (Lipinski definition) is 1. The van der Waals surface area contributed by atoms with Crippen LogP contribution < -0.4 is 14.8 Å². The first-order valence-corrected chi connectivity index (χ1v) is 14.0. The van der Waals surface area contributed by atoms with Gasteiger partial charge in [-0.1, -0.05) is 35.9 Å². The monoisotopic (exact) mass is 614 g/mol. The van der Waals surface area contributed by atoms with Gasteiger partial charge in [0.05, 0.1) is 30.4 Å². The van der Waals surface area contributed by atoms with E-state index in [0.717, 1.165) is 12.1 Å². The molecule has 2 heterocycles. The zero-order chi connectivity index (χ0) is 30.9. The maximum absolute atomic E-state index is 14.4. The number of nitrogens with one attached hydrogen (secondary N) is 1. The highest BCUT2D eigenvalue weighted by atomic mass is 35.5. The number of ether oxygens (including phenoxy) is 2. The zero-order valence-corrected chi connectivity index (χ0v) is 24.4. The smallest absolute Gasteiger partial charge is 0.416 e. The van der Waals surface area contributed by atoms with E-state index in [2.05, 4.69) is 5.32 Å². The van der Waals surface area contributed by atoms with Gasteiger partial charge in [-0.25, -0.2) is 4.79 Å². The van der Waals surface area contributed by atoms with Crippen molar-refractivity contribution in [1.82, 2.24) is 15.1 Å². The third-order valence-corrected chi connectivity index (χ3v) is 7.39. The Morgan fingerprint density at radius 1 is 1.07 bits per heavy atom. The summed E-state index contributed by atoms with van der Waals surface area (Å²) in [5, 5.41) is 3.17. The van der Waals surface area contributed by atoms with Crippen molar-refractivity contribution in [2.75, 3.05) is 26.7 Å². The van der Waals surface area contributed by atoms with Gasteiger partial charge in [0, 0.05) is 24.2 Å². The Labute approximate surface area is 252 Å². The van der Waals surface area contributed by atoms with E-state index in [1.54, 1.807) is 48.5 Å². The Kier molecular flexibility index (Phi) is 8.55. The molecule has 1 N–H and O–H groups in total. The molecule has 3 aromatic rings. The summed E-state index contributed by atoms with van der Waals surface area (Å²) in [6.07, 6.45) is -4.86. The van der Waals surface area contributed by atoms with Crippen LogP contribution in [0.2, 0.25) is 5.02 Å². The molecule has 0 aliphatic carbocycles. The number of benzene rings is 3. The van der Waals surface area contributed by atoms with E-state index in [1.165, 1.54) is 23.0 Å². The fourth-order valence-electron chi connectivity index (χ4n) is 5.21. The standard InChI is InChI=1S/C31H30ClF3N4O4/c1-18(2)43-25-16-23(42-3)11-12-24(25)29-37-27(19-7-9-22(32)10-8-19)28(20-5-4-6-21(15-20)31(33,34)35)39(29)30(41)38-14-13-36-26(40)17-38/h4-12,15-16,18,27-28H,13-14,17H2,1-3H3,(H,36,40). The normalized spacial score (nSPS) is 18.9. The number of hydrogen-bond acceptors (Lipinski definition) is 5. The molecule has 1 fully saturated rings. The third kappa shape index (κ3) is 6.41. The molecule has 1 saturated heterocycles. The summed E-state index contributed by atoms with van der Waals surface area (Å²) in [6, 6.07) is 14.4. The van der Waals surface area contributed by atoms with E-state index in [9.17, 15) is 22.8 Å². The maximum atomic E-state index is 14.4. The van der Waals surface area contributed by atoms with Crippen molar-refractivity contribution in [3.05, 3.63) is 94.0 Å². The number of carbonyl (C=O) groups is 2. The highest BCUT2D eigenvalue weighted by Crippen LogP contribution is 2.46. The lowest BCUT2D eigenvalue weighted by Crippen LogP contribution is -2.55. The summed E-state index contributed by atoms with van der Waals surface area (Å²) in [5.41, 5.74) is 0.447. The number of urea groups is 1. The van der Waals surface area contributed by atoms with Crippen molar-refractivity contribution in [3.63, 3.8) is 0 Å². The first-order valence-electron chi connectivity index (χ1n) is 13.7. The lowest BCUT2D eigenvalue weighted by atomic mass is 9.92. The van der Waals surface area contributed by atoms with Gasteiger partial charge in [0.15, 0.2) is 0 Å². The number of aliphatic imine (C=N–C) groups is 1. The third-order valence-electron chi connectivity index (χ3n) is 7.14. The lowest BCUT2D eigenvalue weighted by molar-refractivity contribution is -0.137. The first-order chi connectivity index (χ1) is 20.5. The Morgan fingerprint density at radius 3 is 2.47 bits per heavy atom. The second kappa shape index (κ2) is 12.2. The molecule has 0 spiro atoms. The van der Waals surface area contributed by atoms with Crippen LogP contribution >= 0.6 is 11.6 Å². The van der Waals surface area contributed by atoms with Gasteiger partial charge in [-0.2, -0.15) is 13.2 Å². The van der Waals surface area contributed by atoms with Crippen LogP contribution in [0, 0.1) is 0 Å². The molecule has 0 bridgehead atoms. The molecular weight excluding hydrogens is 585 g/mol. The summed E-state index contributed by atoms with van der Waals surface area (Å²) in [7, 11) is 1.51. The Balaban J connectivity index is 1.74. The molecule has 43 heavy (non-hydrogen) atoms. The molecule has 2 atom stereocenters. The van der Waals surface area contributed by atoms with Crippen LogP contribution in [0.25, 0.3) is 0 Å². The molecule has 2 aliphatic heterocycles. The first kappa shape index (κ1) is 30.2. The molecule has 3 aromatic carbocycles. The number of amides is 3. The van der Waals surface area contributed by atoms with E-state index < -0.39 is 29.9 Å². The molecule has 12 heteroatoms. The minimum atomic E-state index is -4.61. The van der Waals surface area contributed by atoms with Crippen LogP contribution in [0.3, 0.4) is 0 Å². The highest BCUT2D eigenvalue weighted by Gasteiger charge is 2.46. The van der Waals surface area contributed by atoms with Crippen LogP contribution in [0.15, 0.2) is 71.7 Å². The van der Waals surface area contributed by atoms with Crippen LogP contribution in [0.5, 0.6) is 11.5 Å². The second-order valence-electron chi connectivity index (χ2n) is 10.5. The molecule has 226 valence electrons. The van der Waals surface area contributed by atoms with Gasteiger partial charge in [-0.05, 0) is 61.4 Å². The van der Waals surface area contributed by atoms with Gasteiger partial charge in [0.1, 0.15) is 29.9 Å². The second-order valence-corrected chi connectivity index (χ2v) is 10.9. The molecule has 5 rings (SSSR count). The van der Waals surface area contributed by atoms with Gasteiger partial charge in [0.25, 0.3) is 0 Å². The average Bonchev–Trinajstić information content (AvgIpc) is 3.36. The molecule has 0 radical (unpaired) electrons. The van der Waals surface area contributed by atoms with Crippen LogP contribution in [-0.2, 0) is 11.0 Å². The van der Waals surface area contributed by atoms with Crippen molar-refractivity contribution in [3.8, 4) is 11.5 Å². The number of methoxy groups -OCH3 is 1. The van der Waals surface area contributed by atoms with Crippen molar-refractivity contribution in [2.24, 2.45) is 4.99 Å². The lowest BCUT2D eigenvalue weighted by Gasteiger charge is -2.36. The summed E-state index contributed by atoms with van der Waals surface area (Å²) < 4.78 is 53.2. The van der Waals surface area contributed by atoms with Crippen molar-refractivity contribution < 1.29 is 32.2 Å². The zero-order valence-electron chi connectivity index (χ0n) is 23.7. The summed E-state index contributed by atoms with van der Waals surface area (Å²) in [5.74, 6) is 0.737. The van der Waals surface area contributed by atoms with Crippen LogP contribution in [-0.4, -0.2) is 60.4 Å². The topological polar surface area (TPSA) is 83.5 Å². The quantitative estimate of drug-likeness (QED) is 0.356. The van der Waals surface area contributed by atoms with Crippen molar-refractivity contribution >= 4 is 29.4 Å². The largest absolute Gasteiger partial charge is 0.497 e. The molecule has 2 aliphatic rings.